The standard InChI is InChI=1S/C10H13F3N2.C10H16N4O.C9H12F3N3.C9H14N4O.C9H12N4.2C8H12ClN3.C8H12FN3/c1-6-7(10(11,12)13)5-14-8(15-6)9(2,3)4;1-10(2,3)7-6(8(15)12-4)5-13-9(11)14-7;1-8(2,3)6-5(9(10,11)12)4-14-7(13)15-6;1-9(2,3)6-5(7(10)14)4-12-8(11)13-6;1-9(2,3)7-6(4-10)5-12-8(11)13-7;1-8(2,3)6-5(9)4-11-7(10)12-6;1-8(2,3)5-4-6(10)12-7(9)11-5;1-8(2,3)6-5(9)4-11-7(10)12-6/h5H,1-4H3;5H,1-4H3,(H,12,15)(H2,11,13,14);4H,1-3H3,(H2,13,14,15);4H,1-3H3,(H2,10,14)(H2,11,12,13);5H,1-3H3,(H2,11,12,13);3*4H,1-3H3,(H2,10,11,12). The lowest BCUT2D eigenvalue weighted by Gasteiger charge is -2.22. The number of nitrogens with zero attached hydrogens (tertiary/aromatic N) is 17. The van der Waals surface area contributed by atoms with Crippen LogP contribution in [0.25, 0.3) is 0 Å². The first kappa shape index (κ1) is 95.8. The van der Waals surface area contributed by atoms with E-state index in [4.69, 9.17) is 74.3 Å². The van der Waals surface area contributed by atoms with Crippen LogP contribution in [0, 0.1) is 24.1 Å². The lowest BCUT2D eigenvalue weighted by atomic mass is 9.88. The SMILES string of the molecule is CC(C)(C)c1cc(N)nc(Cl)n1.CC(C)(C)c1nc(N)ncc1C#N.CC(C)(C)c1nc(N)ncc1C(F)(F)F.CC(C)(C)c1nc(N)ncc1C(N)=O.CC(C)(C)c1nc(N)ncc1Cl.CC(C)(C)c1nc(N)ncc1F.CNC(=O)c1cnc(N)nc1C(C)(C)C.Cc1nc(C(C)(C)C)ncc1C(F)(F)F. The molecule has 0 aliphatic heterocycles. The fourth-order valence-corrected chi connectivity index (χ4v) is 8.94. The van der Waals surface area contributed by atoms with Gasteiger partial charge in [-0.15, -0.1) is 0 Å². The van der Waals surface area contributed by atoms with E-state index in [1.165, 1.54) is 31.7 Å². The number of alkyl halides is 6. The quantitative estimate of drug-likeness (QED) is 0.0573. The second-order valence-corrected chi connectivity index (χ2v) is 32.7. The number of nitriles is 1. The number of amides is 2. The van der Waals surface area contributed by atoms with E-state index in [0.717, 1.165) is 30.0 Å². The van der Waals surface area contributed by atoms with E-state index in [9.17, 15) is 40.3 Å². The molecule has 0 atom stereocenters. The number of carbonyl (C=O) groups excluding carboxylic acids is 2. The summed E-state index contributed by atoms with van der Waals surface area (Å²) in [7, 11) is 1.57. The van der Waals surface area contributed by atoms with Crippen LogP contribution in [0.15, 0.2) is 49.4 Å². The number of halogens is 9. The van der Waals surface area contributed by atoms with E-state index in [1.54, 1.807) is 33.9 Å². The lowest BCUT2D eigenvalue weighted by molar-refractivity contribution is -0.139. The summed E-state index contributed by atoms with van der Waals surface area (Å²) in [4.78, 5) is 83.9. The zero-order valence-electron chi connectivity index (χ0n) is 66.1. The van der Waals surface area contributed by atoms with Crippen LogP contribution in [-0.4, -0.2) is 98.6 Å². The number of hydrogen-bond donors (Lipinski definition) is 9. The Labute approximate surface area is 636 Å². The van der Waals surface area contributed by atoms with Crippen LogP contribution in [0.5, 0.6) is 0 Å². The first-order valence-corrected chi connectivity index (χ1v) is 33.6. The average molecular weight is 1560 g/mol. The Kier molecular flexibility index (Phi) is 33.3. The molecule has 0 aliphatic rings. The maximum absolute atomic E-state index is 13.1. The Balaban J connectivity index is 0.000000618. The highest BCUT2D eigenvalue weighted by Gasteiger charge is 2.39. The van der Waals surface area contributed by atoms with Crippen molar-refractivity contribution < 1.29 is 40.3 Å². The highest BCUT2D eigenvalue weighted by atomic mass is 35.5. The molecule has 0 spiro atoms. The van der Waals surface area contributed by atoms with Crippen LogP contribution in [0.3, 0.4) is 0 Å². The van der Waals surface area contributed by atoms with Crippen molar-refractivity contribution in [3.8, 4) is 6.07 Å². The van der Waals surface area contributed by atoms with E-state index in [1.807, 2.05) is 151 Å². The van der Waals surface area contributed by atoms with Gasteiger partial charge in [-0.05, 0) is 18.5 Å². The lowest BCUT2D eigenvalue weighted by Crippen LogP contribution is -2.26. The molecule has 8 aromatic rings. The smallest absolute Gasteiger partial charge is 0.384 e. The Morgan fingerprint density at radius 2 is 0.769 bits per heavy atom. The molecular weight excluding hydrogens is 1450 g/mol. The number of hydrogen-bond acceptors (Lipinski definition) is 26. The molecule has 108 heavy (non-hydrogen) atoms. The fourth-order valence-electron chi connectivity index (χ4n) is 8.38. The van der Waals surface area contributed by atoms with E-state index in [0.29, 0.717) is 56.1 Å². The molecule has 8 heterocycles. The number of nitrogens with two attached hydrogens (primary N) is 8. The molecule has 0 bridgehead atoms. The molecule has 0 unspecified atom stereocenters. The van der Waals surface area contributed by atoms with Gasteiger partial charge in [0.25, 0.3) is 11.8 Å². The van der Waals surface area contributed by atoms with Crippen LogP contribution in [0.1, 0.15) is 255 Å². The molecule has 28 nitrogen and oxygen atoms in total. The Bertz CT molecular complexity index is 4300. The van der Waals surface area contributed by atoms with Crippen molar-refractivity contribution in [3.63, 3.8) is 0 Å². The molecule has 0 saturated carbocycles. The van der Waals surface area contributed by atoms with Crippen LogP contribution < -0.4 is 51.2 Å². The van der Waals surface area contributed by atoms with Crippen molar-refractivity contribution in [2.24, 2.45) is 5.73 Å². The number of aryl methyl sites for hydroxylation is 1. The highest BCUT2D eigenvalue weighted by Crippen LogP contribution is 2.37. The minimum absolute atomic E-state index is 0.0255. The third-order valence-electron chi connectivity index (χ3n) is 13.6. The highest BCUT2D eigenvalue weighted by molar-refractivity contribution is 6.31. The topological polar surface area (TPSA) is 484 Å². The predicted molar refractivity (Wildman–Crippen MR) is 408 cm³/mol. The number of rotatable bonds is 2. The van der Waals surface area contributed by atoms with E-state index < -0.39 is 40.6 Å². The summed E-state index contributed by atoms with van der Waals surface area (Å²) < 4.78 is 88.0. The minimum atomic E-state index is -4.45. The number of carbonyl (C=O) groups is 2. The molecule has 17 N–H and O–H groups in total. The van der Waals surface area contributed by atoms with Crippen molar-refractivity contribution in [2.45, 2.75) is 229 Å². The second-order valence-electron chi connectivity index (χ2n) is 32.0. The van der Waals surface area contributed by atoms with Gasteiger partial charge in [0.15, 0.2) is 5.82 Å². The fraction of sp³-hybridized carbons (Fsp3) is 0.507. The maximum atomic E-state index is 13.1. The number of nitrogen functional groups attached to an aromatic ring is 7. The van der Waals surface area contributed by atoms with Crippen LogP contribution in [0.2, 0.25) is 10.3 Å². The molecule has 8 aromatic heterocycles. The van der Waals surface area contributed by atoms with Crippen molar-refractivity contribution in [2.75, 3.05) is 47.2 Å². The molecule has 0 radical (unpaired) electrons. The minimum Gasteiger partial charge on any atom is -0.384 e. The predicted octanol–water partition coefficient (Wildman–Crippen LogP) is 13.4. The molecule has 2 amide bonds. The summed E-state index contributed by atoms with van der Waals surface area (Å²) in [6.07, 6.45) is -0.327. The molecule has 8 rings (SSSR count). The normalized spacial score (nSPS) is 11.8. The van der Waals surface area contributed by atoms with Gasteiger partial charge in [0.05, 0.1) is 97.0 Å². The molecule has 0 aliphatic carbocycles. The van der Waals surface area contributed by atoms with Gasteiger partial charge in [-0.1, -0.05) is 178 Å². The number of aromatic nitrogens is 16. The summed E-state index contributed by atoms with van der Waals surface area (Å²) in [5.41, 5.74) is 44.5. The van der Waals surface area contributed by atoms with E-state index in [2.05, 4.69) is 85.1 Å². The van der Waals surface area contributed by atoms with Gasteiger partial charge in [0.1, 0.15) is 17.7 Å². The Morgan fingerprint density at radius 1 is 0.417 bits per heavy atom. The Morgan fingerprint density at radius 3 is 1.12 bits per heavy atom. The van der Waals surface area contributed by atoms with Gasteiger partial charge in [0.2, 0.25) is 41.0 Å². The third-order valence-corrected chi connectivity index (χ3v) is 14.1. The zero-order valence-corrected chi connectivity index (χ0v) is 67.6. The van der Waals surface area contributed by atoms with Crippen molar-refractivity contribution in [1.29, 1.82) is 5.26 Å². The van der Waals surface area contributed by atoms with E-state index in [-0.39, 0.29) is 96.2 Å². The Hall–Kier alpha value is -10.2. The third kappa shape index (κ3) is 31.7. The van der Waals surface area contributed by atoms with E-state index >= 15 is 0 Å². The molecule has 37 heteroatoms. The van der Waals surface area contributed by atoms with Crippen LogP contribution in [0.4, 0.5) is 72.2 Å². The zero-order chi connectivity index (χ0) is 84.4. The maximum Gasteiger partial charge on any atom is 0.419 e. The second kappa shape index (κ2) is 37.5. The first-order chi connectivity index (χ1) is 48.6. The van der Waals surface area contributed by atoms with Crippen molar-refractivity contribution in [3.05, 3.63) is 145 Å². The summed E-state index contributed by atoms with van der Waals surface area (Å²) in [6, 6.07) is 3.79. The van der Waals surface area contributed by atoms with Gasteiger partial charge in [0, 0.05) is 81.2 Å². The summed E-state index contributed by atoms with van der Waals surface area (Å²) in [5.74, 6) is 0.495. The number of anilines is 7. The van der Waals surface area contributed by atoms with Gasteiger partial charge in [-0.25, -0.2) is 84.1 Å². The van der Waals surface area contributed by atoms with Gasteiger partial charge < -0.3 is 51.2 Å². The van der Waals surface area contributed by atoms with Gasteiger partial charge >= 0.3 is 12.4 Å². The molecular formula is C71H103Cl2F7N26O2. The summed E-state index contributed by atoms with van der Waals surface area (Å²) in [5, 5.41) is 12.1. The monoisotopic (exact) mass is 1550 g/mol. The van der Waals surface area contributed by atoms with Gasteiger partial charge in [-0.3, -0.25) is 9.59 Å². The van der Waals surface area contributed by atoms with Crippen LogP contribution in [-0.2, 0) is 55.7 Å². The molecule has 0 fully saturated rings. The summed E-state index contributed by atoms with van der Waals surface area (Å²) in [6.45, 7) is 47.3. The molecule has 592 valence electrons. The molecule has 0 aromatic carbocycles. The van der Waals surface area contributed by atoms with Crippen LogP contribution >= 0.6 is 23.2 Å². The van der Waals surface area contributed by atoms with Crippen molar-refractivity contribution in [1.82, 2.24) is 85.1 Å². The summed E-state index contributed by atoms with van der Waals surface area (Å²) >= 11 is 11.6. The number of primary amides is 1. The average Bonchev–Trinajstić information content (AvgIpc) is 0.804. The first-order valence-electron chi connectivity index (χ1n) is 32.9. The van der Waals surface area contributed by atoms with Gasteiger partial charge in [-0.2, -0.15) is 31.6 Å². The van der Waals surface area contributed by atoms with Crippen molar-refractivity contribution >= 4 is 76.5 Å². The largest absolute Gasteiger partial charge is 0.419 e. The number of nitrogens with one attached hydrogen (secondary N) is 1. The molecule has 0 saturated heterocycles.